The molecule has 1 unspecified atom stereocenters. The molecule has 1 rings (SSSR count). The Morgan fingerprint density at radius 2 is 2.00 bits per heavy atom. The molecule has 6 nitrogen and oxygen atoms in total. The van der Waals surface area contributed by atoms with E-state index in [1.54, 1.807) is 0 Å². The molecule has 0 saturated heterocycles. The fraction of sp³-hybridized carbons (Fsp3) is 0.769. The minimum atomic E-state index is 0.374. The molecule has 0 aliphatic heterocycles. The number of aromatic nitrogens is 3. The highest BCUT2D eigenvalue weighted by atomic mass is 15.3. The van der Waals surface area contributed by atoms with Crippen LogP contribution in [0.4, 0.5) is 0 Å². The van der Waals surface area contributed by atoms with Crippen molar-refractivity contribution in [2.45, 2.75) is 47.2 Å². The first-order valence-corrected chi connectivity index (χ1v) is 6.85. The Labute approximate surface area is 115 Å². The van der Waals surface area contributed by atoms with E-state index in [1.807, 2.05) is 18.5 Å². The van der Waals surface area contributed by atoms with E-state index < -0.39 is 0 Å². The van der Waals surface area contributed by atoms with Crippen molar-refractivity contribution in [3.05, 3.63) is 11.6 Å². The van der Waals surface area contributed by atoms with Crippen LogP contribution in [0.5, 0.6) is 0 Å². The van der Waals surface area contributed by atoms with E-state index in [1.165, 1.54) is 0 Å². The molecule has 0 aliphatic rings. The summed E-state index contributed by atoms with van der Waals surface area (Å²) in [5.41, 5.74) is 0. The molecular weight excluding hydrogens is 240 g/mol. The summed E-state index contributed by atoms with van der Waals surface area (Å²) in [4.78, 5) is 4.55. The second kappa shape index (κ2) is 7.11. The van der Waals surface area contributed by atoms with E-state index in [0.717, 1.165) is 24.2 Å². The van der Waals surface area contributed by atoms with Crippen molar-refractivity contribution < 1.29 is 0 Å². The van der Waals surface area contributed by atoms with Crippen LogP contribution in [0.25, 0.3) is 0 Å². The van der Waals surface area contributed by atoms with Crippen molar-refractivity contribution in [1.29, 1.82) is 0 Å². The average molecular weight is 266 g/mol. The molecular formula is C13H26N6. The third-order valence-electron chi connectivity index (χ3n) is 3.27. The van der Waals surface area contributed by atoms with Gasteiger partial charge in [0.15, 0.2) is 11.8 Å². The van der Waals surface area contributed by atoms with Gasteiger partial charge in [-0.3, -0.25) is 0 Å². The van der Waals surface area contributed by atoms with E-state index in [4.69, 9.17) is 0 Å². The summed E-state index contributed by atoms with van der Waals surface area (Å²) < 4.78 is 1.96. The predicted octanol–water partition coefficient (Wildman–Crippen LogP) is 1.22. The van der Waals surface area contributed by atoms with Gasteiger partial charge in [0.1, 0.15) is 12.4 Å². The number of hydrogen-bond acceptors (Lipinski definition) is 3. The molecule has 0 spiro atoms. The van der Waals surface area contributed by atoms with Gasteiger partial charge in [-0.25, -0.2) is 4.99 Å². The lowest BCUT2D eigenvalue weighted by molar-refractivity contribution is 0.480. The van der Waals surface area contributed by atoms with Gasteiger partial charge in [0.2, 0.25) is 0 Å². The van der Waals surface area contributed by atoms with Gasteiger partial charge in [0, 0.05) is 19.6 Å². The number of guanidine groups is 1. The summed E-state index contributed by atoms with van der Waals surface area (Å²) in [5.74, 6) is 3.15. The van der Waals surface area contributed by atoms with E-state index in [2.05, 4.69) is 53.5 Å². The Hall–Kier alpha value is -1.59. The Morgan fingerprint density at radius 3 is 2.47 bits per heavy atom. The third kappa shape index (κ3) is 4.54. The summed E-state index contributed by atoms with van der Waals surface area (Å²) in [5, 5.41) is 14.8. The van der Waals surface area contributed by atoms with Crippen LogP contribution in [0.15, 0.2) is 4.99 Å². The fourth-order valence-electron chi connectivity index (χ4n) is 1.44. The van der Waals surface area contributed by atoms with Crippen LogP contribution in [0, 0.1) is 12.8 Å². The van der Waals surface area contributed by atoms with Crippen molar-refractivity contribution in [2.24, 2.45) is 18.0 Å². The first kappa shape index (κ1) is 15.5. The van der Waals surface area contributed by atoms with Gasteiger partial charge in [-0.05, 0) is 26.7 Å². The van der Waals surface area contributed by atoms with Crippen LogP contribution in [-0.4, -0.2) is 33.3 Å². The summed E-state index contributed by atoms with van der Waals surface area (Å²) >= 11 is 0. The van der Waals surface area contributed by atoms with Crippen LogP contribution < -0.4 is 10.6 Å². The number of aliphatic imine (C=N–C) groups is 1. The van der Waals surface area contributed by atoms with E-state index in [-0.39, 0.29) is 0 Å². The molecule has 0 aromatic carbocycles. The molecule has 1 heterocycles. The normalized spacial score (nSPS) is 13.7. The fourth-order valence-corrected chi connectivity index (χ4v) is 1.44. The maximum atomic E-state index is 4.55. The first-order chi connectivity index (χ1) is 8.95. The lowest BCUT2D eigenvalue weighted by atomic mass is 10.1. The van der Waals surface area contributed by atoms with Crippen molar-refractivity contribution >= 4 is 5.96 Å². The number of nitrogens with zero attached hydrogens (tertiary/aromatic N) is 4. The van der Waals surface area contributed by atoms with Crippen molar-refractivity contribution in [1.82, 2.24) is 25.4 Å². The minimum Gasteiger partial charge on any atom is -0.357 e. The largest absolute Gasteiger partial charge is 0.357 e. The van der Waals surface area contributed by atoms with Gasteiger partial charge in [0.25, 0.3) is 0 Å². The second-order valence-corrected chi connectivity index (χ2v) is 5.09. The molecule has 108 valence electrons. The Bertz CT molecular complexity index is 421. The molecule has 0 saturated carbocycles. The van der Waals surface area contributed by atoms with E-state index >= 15 is 0 Å². The molecule has 0 fully saturated rings. The predicted molar refractivity (Wildman–Crippen MR) is 78.0 cm³/mol. The summed E-state index contributed by atoms with van der Waals surface area (Å²) in [6, 6.07) is 0.374. The first-order valence-electron chi connectivity index (χ1n) is 6.85. The highest BCUT2D eigenvalue weighted by molar-refractivity contribution is 5.80. The van der Waals surface area contributed by atoms with Gasteiger partial charge in [0.05, 0.1) is 0 Å². The van der Waals surface area contributed by atoms with Crippen LogP contribution in [-0.2, 0) is 13.6 Å². The van der Waals surface area contributed by atoms with Crippen LogP contribution in [0.3, 0.4) is 0 Å². The van der Waals surface area contributed by atoms with Gasteiger partial charge in [-0.2, -0.15) is 0 Å². The van der Waals surface area contributed by atoms with Crippen LogP contribution in [0.2, 0.25) is 0 Å². The lowest BCUT2D eigenvalue weighted by Crippen LogP contribution is -2.44. The smallest absolute Gasteiger partial charge is 0.191 e. The molecule has 19 heavy (non-hydrogen) atoms. The molecule has 0 radical (unpaired) electrons. The molecule has 1 atom stereocenters. The highest BCUT2D eigenvalue weighted by Gasteiger charge is 2.09. The van der Waals surface area contributed by atoms with Crippen molar-refractivity contribution in [2.75, 3.05) is 6.54 Å². The second-order valence-electron chi connectivity index (χ2n) is 5.09. The number of rotatable bonds is 5. The van der Waals surface area contributed by atoms with Crippen LogP contribution >= 0.6 is 0 Å². The standard InChI is InChI=1S/C13H26N6/c1-7-14-13(16-10(4)9(2)3)15-8-12-18-17-11(5)19(12)6/h9-10H,7-8H2,1-6H3,(H2,14,15,16). The summed E-state index contributed by atoms with van der Waals surface area (Å²) in [6.45, 7) is 11.9. The zero-order chi connectivity index (χ0) is 14.4. The molecule has 6 heteroatoms. The third-order valence-corrected chi connectivity index (χ3v) is 3.27. The molecule has 0 amide bonds. The number of aryl methyl sites for hydroxylation is 1. The van der Waals surface area contributed by atoms with Crippen molar-refractivity contribution in [3.8, 4) is 0 Å². The van der Waals surface area contributed by atoms with E-state index in [9.17, 15) is 0 Å². The van der Waals surface area contributed by atoms with Gasteiger partial charge < -0.3 is 15.2 Å². The maximum absolute atomic E-state index is 4.55. The topological polar surface area (TPSA) is 67.1 Å². The van der Waals surface area contributed by atoms with E-state index in [0.29, 0.717) is 18.5 Å². The zero-order valence-electron chi connectivity index (χ0n) is 12.9. The summed E-state index contributed by atoms with van der Waals surface area (Å²) in [6.07, 6.45) is 0. The molecule has 1 aromatic rings. The van der Waals surface area contributed by atoms with Gasteiger partial charge in [-0.1, -0.05) is 13.8 Å². The quantitative estimate of drug-likeness (QED) is 0.621. The molecule has 1 aromatic heterocycles. The maximum Gasteiger partial charge on any atom is 0.191 e. The SMILES string of the molecule is CCNC(=NCc1nnc(C)n1C)NC(C)C(C)C. The highest BCUT2D eigenvalue weighted by Crippen LogP contribution is 2.01. The Kier molecular flexibility index (Phi) is 5.79. The Balaban J connectivity index is 2.70. The van der Waals surface area contributed by atoms with Gasteiger partial charge in [-0.15, -0.1) is 10.2 Å². The average Bonchev–Trinajstić information content (AvgIpc) is 2.67. The summed E-state index contributed by atoms with van der Waals surface area (Å²) in [7, 11) is 1.96. The Morgan fingerprint density at radius 1 is 1.32 bits per heavy atom. The van der Waals surface area contributed by atoms with Crippen molar-refractivity contribution in [3.63, 3.8) is 0 Å². The molecule has 2 N–H and O–H groups in total. The number of nitrogens with one attached hydrogen (secondary N) is 2. The monoisotopic (exact) mass is 266 g/mol. The zero-order valence-corrected chi connectivity index (χ0v) is 12.9. The van der Waals surface area contributed by atoms with Gasteiger partial charge >= 0.3 is 0 Å². The number of hydrogen-bond donors (Lipinski definition) is 2. The minimum absolute atomic E-state index is 0.374. The molecule has 0 aliphatic carbocycles. The lowest BCUT2D eigenvalue weighted by Gasteiger charge is -2.20. The molecule has 0 bridgehead atoms. The van der Waals surface area contributed by atoms with Crippen LogP contribution in [0.1, 0.15) is 39.3 Å².